The maximum Gasteiger partial charge on any atom is 0.323 e. The third-order valence-corrected chi connectivity index (χ3v) is 4.10. The third kappa shape index (κ3) is 2.45. The highest BCUT2D eigenvalue weighted by atomic mass is 16.2. The van der Waals surface area contributed by atoms with E-state index in [4.69, 9.17) is 0 Å². The minimum Gasteiger partial charge on any atom is -0.326 e. The molecule has 2 heterocycles. The van der Waals surface area contributed by atoms with Gasteiger partial charge >= 0.3 is 5.69 Å². The summed E-state index contributed by atoms with van der Waals surface area (Å²) in [5.74, 6) is -0.982. The first-order valence-electron chi connectivity index (χ1n) is 7.52. The van der Waals surface area contributed by atoms with Crippen molar-refractivity contribution in [2.45, 2.75) is 12.3 Å². The molecule has 2 amide bonds. The molecule has 1 aliphatic heterocycles. The van der Waals surface area contributed by atoms with Crippen LogP contribution in [-0.4, -0.2) is 21.8 Å². The summed E-state index contributed by atoms with van der Waals surface area (Å²) >= 11 is 0. The van der Waals surface area contributed by atoms with Crippen LogP contribution in [0.3, 0.4) is 0 Å². The fourth-order valence-electron chi connectivity index (χ4n) is 2.98. The average Bonchev–Trinajstić information content (AvgIpc) is 2.93. The topological polar surface area (TPSA) is 107 Å². The van der Waals surface area contributed by atoms with Crippen LogP contribution < -0.4 is 16.3 Å². The van der Waals surface area contributed by atoms with Gasteiger partial charge in [-0.25, -0.2) is 4.79 Å². The molecule has 2 aromatic carbocycles. The summed E-state index contributed by atoms with van der Waals surface area (Å²) in [5.41, 5.74) is 3.00. The molecule has 120 valence electrons. The number of aromatic nitrogens is 2. The van der Waals surface area contributed by atoms with E-state index in [1.807, 2.05) is 18.2 Å². The van der Waals surface area contributed by atoms with Crippen molar-refractivity contribution >= 4 is 34.2 Å². The number of anilines is 2. The van der Waals surface area contributed by atoms with Gasteiger partial charge in [-0.05, 0) is 29.8 Å². The van der Waals surface area contributed by atoms with E-state index in [-0.39, 0.29) is 23.9 Å². The fourth-order valence-corrected chi connectivity index (χ4v) is 2.98. The predicted molar refractivity (Wildman–Crippen MR) is 90.0 cm³/mol. The molecule has 4 N–H and O–H groups in total. The zero-order chi connectivity index (χ0) is 16.7. The number of amides is 2. The van der Waals surface area contributed by atoms with Crippen LogP contribution in [0.1, 0.15) is 17.9 Å². The third-order valence-electron chi connectivity index (χ3n) is 4.10. The van der Waals surface area contributed by atoms with Gasteiger partial charge in [-0.15, -0.1) is 0 Å². The van der Waals surface area contributed by atoms with E-state index >= 15 is 0 Å². The van der Waals surface area contributed by atoms with Crippen LogP contribution in [0.2, 0.25) is 0 Å². The van der Waals surface area contributed by atoms with Crippen molar-refractivity contribution in [2.24, 2.45) is 0 Å². The van der Waals surface area contributed by atoms with Gasteiger partial charge in [-0.1, -0.05) is 18.2 Å². The van der Waals surface area contributed by atoms with Crippen molar-refractivity contribution in [3.8, 4) is 0 Å². The first kappa shape index (κ1) is 14.3. The number of carbonyl (C=O) groups is 2. The second kappa shape index (κ2) is 5.38. The average molecular weight is 322 g/mol. The minimum atomic E-state index is -0.545. The van der Waals surface area contributed by atoms with Gasteiger partial charge < -0.3 is 20.6 Å². The van der Waals surface area contributed by atoms with Gasteiger partial charge in [0.1, 0.15) is 0 Å². The normalized spacial score (nSPS) is 16.5. The van der Waals surface area contributed by atoms with E-state index < -0.39 is 5.92 Å². The smallest absolute Gasteiger partial charge is 0.323 e. The van der Waals surface area contributed by atoms with Gasteiger partial charge in [0, 0.05) is 17.8 Å². The van der Waals surface area contributed by atoms with Gasteiger partial charge in [-0.2, -0.15) is 0 Å². The van der Waals surface area contributed by atoms with Crippen molar-refractivity contribution in [1.82, 2.24) is 9.97 Å². The van der Waals surface area contributed by atoms with Crippen molar-refractivity contribution < 1.29 is 9.59 Å². The van der Waals surface area contributed by atoms with Crippen LogP contribution in [0.25, 0.3) is 11.0 Å². The lowest BCUT2D eigenvalue weighted by Crippen LogP contribution is -2.30. The maximum absolute atomic E-state index is 12.6. The number of hydrogen-bond donors (Lipinski definition) is 4. The Morgan fingerprint density at radius 1 is 1.04 bits per heavy atom. The number of carbonyl (C=O) groups excluding carboxylic acids is 2. The van der Waals surface area contributed by atoms with Crippen LogP contribution in [0, 0.1) is 0 Å². The fraction of sp³-hybridized carbons (Fsp3) is 0.118. The molecule has 4 rings (SSSR count). The van der Waals surface area contributed by atoms with E-state index in [9.17, 15) is 14.4 Å². The number of nitrogens with one attached hydrogen (secondary N) is 4. The largest absolute Gasteiger partial charge is 0.326 e. The summed E-state index contributed by atoms with van der Waals surface area (Å²) in [6.45, 7) is 0. The van der Waals surface area contributed by atoms with Crippen LogP contribution in [0.15, 0.2) is 47.3 Å². The SMILES string of the molecule is O=C1CC(C(=O)Nc2ccc3[nH]c(=O)[nH]c3c2)c2ccccc2N1. The zero-order valence-electron chi connectivity index (χ0n) is 12.6. The lowest BCUT2D eigenvalue weighted by molar-refractivity contribution is -0.123. The summed E-state index contributed by atoms with van der Waals surface area (Å²) in [6, 6.07) is 12.4. The Bertz CT molecular complexity index is 1020. The molecule has 1 atom stereocenters. The molecule has 1 aliphatic rings. The monoisotopic (exact) mass is 322 g/mol. The molecule has 0 saturated carbocycles. The van der Waals surface area contributed by atoms with Gasteiger partial charge in [0.2, 0.25) is 11.8 Å². The number of hydrogen-bond acceptors (Lipinski definition) is 3. The molecule has 3 aromatic rings. The number of aromatic amines is 2. The Kier molecular flexibility index (Phi) is 3.19. The molecule has 0 spiro atoms. The van der Waals surface area contributed by atoms with Crippen molar-refractivity contribution in [2.75, 3.05) is 10.6 Å². The standard InChI is InChI=1S/C17H14N4O3/c22-15-8-11(10-3-1-2-4-12(10)19-15)16(23)18-9-5-6-13-14(7-9)21-17(24)20-13/h1-7,11H,8H2,(H,18,23)(H,19,22)(H2,20,21,24). The van der Waals surface area contributed by atoms with Crippen molar-refractivity contribution in [1.29, 1.82) is 0 Å². The summed E-state index contributed by atoms with van der Waals surface area (Å²) < 4.78 is 0. The molecule has 0 saturated heterocycles. The zero-order valence-corrected chi connectivity index (χ0v) is 12.6. The van der Waals surface area contributed by atoms with Gasteiger partial charge in [0.25, 0.3) is 0 Å². The molecule has 0 aliphatic carbocycles. The Morgan fingerprint density at radius 3 is 2.71 bits per heavy atom. The number of H-pyrrole nitrogens is 2. The van der Waals surface area contributed by atoms with Gasteiger partial charge in [0.15, 0.2) is 0 Å². The molecule has 24 heavy (non-hydrogen) atoms. The first-order chi connectivity index (χ1) is 11.6. The Labute approximate surface area is 136 Å². The van der Waals surface area contributed by atoms with E-state index in [0.29, 0.717) is 22.4 Å². The molecule has 7 nitrogen and oxygen atoms in total. The van der Waals surface area contributed by atoms with Gasteiger partial charge in [-0.3, -0.25) is 9.59 Å². The van der Waals surface area contributed by atoms with Crippen LogP contribution >= 0.6 is 0 Å². The quantitative estimate of drug-likeness (QED) is 0.579. The van der Waals surface area contributed by atoms with E-state index in [1.54, 1.807) is 24.3 Å². The maximum atomic E-state index is 12.6. The number of para-hydroxylation sites is 1. The van der Waals surface area contributed by atoms with Crippen LogP contribution in [0.4, 0.5) is 11.4 Å². The molecule has 7 heteroatoms. The van der Waals surface area contributed by atoms with E-state index in [2.05, 4.69) is 20.6 Å². The summed E-state index contributed by atoms with van der Waals surface area (Å²) in [5, 5.41) is 5.59. The Balaban J connectivity index is 1.63. The van der Waals surface area contributed by atoms with Gasteiger partial charge in [0.05, 0.1) is 17.0 Å². The number of rotatable bonds is 2. The van der Waals surface area contributed by atoms with Crippen LogP contribution in [0.5, 0.6) is 0 Å². The predicted octanol–water partition coefficient (Wildman–Crippen LogP) is 1.92. The summed E-state index contributed by atoms with van der Waals surface area (Å²) in [6.07, 6.45) is 0.103. The van der Waals surface area contributed by atoms with E-state index in [1.165, 1.54) is 0 Å². The molecular formula is C17H14N4O3. The summed E-state index contributed by atoms with van der Waals surface area (Å²) in [7, 11) is 0. The van der Waals surface area contributed by atoms with Crippen molar-refractivity contribution in [3.05, 3.63) is 58.5 Å². The van der Waals surface area contributed by atoms with Crippen LogP contribution in [-0.2, 0) is 9.59 Å². The Morgan fingerprint density at radius 2 is 1.83 bits per heavy atom. The summed E-state index contributed by atoms with van der Waals surface area (Å²) in [4.78, 5) is 41.1. The highest BCUT2D eigenvalue weighted by Gasteiger charge is 2.30. The number of benzene rings is 2. The molecule has 0 bridgehead atoms. The molecule has 0 radical (unpaired) electrons. The molecule has 1 aromatic heterocycles. The van der Waals surface area contributed by atoms with Crippen molar-refractivity contribution in [3.63, 3.8) is 0 Å². The first-order valence-corrected chi connectivity index (χ1v) is 7.52. The molecule has 1 unspecified atom stereocenters. The van der Waals surface area contributed by atoms with E-state index in [0.717, 1.165) is 5.56 Å². The lowest BCUT2D eigenvalue weighted by atomic mass is 9.90. The molecular weight excluding hydrogens is 308 g/mol. The Hall–Kier alpha value is -3.35. The second-order valence-electron chi connectivity index (χ2n) is 5.72. The second-order valence-corrected chi connectivity index (χ2v) is 5.72. The highest BCUT2D eigenvalue weighted by molar-refractivity contribution is 6.05. The highest BCUT2D eigenvalue weighted by Crippen LogP contribution is 2.32. The minimum absolute atomic E-state index is 0.103. The number of fused-ring (bicyclic) bond motifs is 2. The molecule has 0 fully saturated rings. The number of imidazole rings is 1. The lowest BCUT2D eigenvalue weighted by Gasteiger charge is -2.24.